The number of ether oxygens (including phenoxy) is 1. The van der Waals surface area contributed by atoms with E-state index in [2.05, 4.69) is 17.5 Å². The van der Waals surface area contributed by atoms with Crippen molar-refractivity contribution < 1.29 is 9.53 Å². The van der Waals surface area contributed by atoms with Crippen LogP contribution in [0.25, 0.3) is 0 Å². The minimum absolute atomic E-state index is 0.179. The number of carbonyl (C=O) groups is 1. The molecule has 112 valence electrons. The average molecular weight is 306 g/mol. The van der Waals surface area contributed by atoms with Crippen molar-refractivity contribution in [2.24, 2.45) is 5.92 Å². The highest BCUT2D eigenvalue weighted by molar-refractivity contribution is 6.30. The summed E-state index contributed by atoms with van der Waals surface area (Å²) in [5.41, 5.74) is 1.67. The first-order chi connectivity index (χ1) is 9.85. The van der Waals surface area contributed by atoms with Gasteiger partial charge < -0.3 is 10.1 Å². The fourth-order valence-electron chi connectivity index (χ4n) is 3.16. The molecule has 0 saturated carbocycles. The highest BCUT2D eigenvalue weighted by Gasteiger charge is 2.42. The molecule has 0 fully saturated rings. The second-order valence-corrected chi connectivity index (χ2v) is 7.18. The van der Waals surface area contributed by atoms with Gasteiger partial charge in [-0.25, -0.2) is 4.79 Å². The Bertz CT molecular complexity index is 603. The maximum atomic E-state index is 12.5. The van der Waals surface area contributed by atoms with E-state index in [0.717, 1.165) is 17.1 Å². The summed E-state index contributed by atoms with van der Waals surface area (Å²) in [6.07, 6.45) is 5.20. The van der Waals surface area contributed by atoms with E-state index in [0.29, 0.717) is 0 Å². The molecule has 0 saturated heterocycles. The Balaban J connectivity index is 1.92. The van der Waals surface area contributed by atoms with Crippen molar-refractivity contribution in [1.29, 1.82) is 0 Å². The van der Waals surface area contributed by atoms with Crippen molar-refractivity contribution in [3.05, 3.63) is 40.9 Å². The molecule has 1 aromatic carbocycles. The largest absolute Gasteiger partial charge is 0.458 e. The van der Waals surface area contributed by atoms with Gasteiger partial charge in [-0.15, -0.1) is 0 Å². The van der Waals surface area contributed by atoms with E-state index in [9.17, 15) is 4.79 Å². The minimum atomic E-state index is -0.472. The van der Waals surface area contributed by atoms with Crippen LogP contribution in [-0.2, 0) is 9.53 Å². The van der Waals surface area contributed by atoms with Crippen LogP contribution in [0.2, 0.25) is 5.02 Å². The van der Waals surface area contributed by atoms with Gasteiger partial charge in [-0.2, -0.15) is 0 Å². The lowest BCUT2D eigenvalue weighted by molar-refractivity contribution is -0.157. The SMILES string of the molecule is CC(C)(C)OC(=O)[C@@H]1Nc2ccc(Cl)cc2[C@@H]2C=CC[C@H]12. The summed E-state index contributed by atoms with van der Waals surface area (Å²) in [5.74, 6) is 0.255. The Morgan fingerprint density at radius 3 is 2.86 bits per heavy atom. The number of esters is 1. The average Bonchev–Trinajstić information content (AvgIpc) is 2.85. The number of benzene rings is 1. The van der Waals surface area contributed by atoms with Crippen LogP contribution >= 0.6 is 11.6 Å². The number of fused-ring (bicyclic) bond motifs is 3. The first-order valence-corrected chi connectivity index (χ1v) is 7.68. The van der Waals surface area contributed by atoms with Crippen LogP contribution in [0.15, 0.2) is 30.4 Å². The normalized spacial score (nSPS) is 26.8. The Hall–Kier alpha value is -1.48. The summed E-state index contributed by atoms with van der Waals surface area (Å²) in [6, 6.07) is 5.47. The number of hydrogen-bond donors (Lipinski definition) is 1. The van der Waals surface area contributed by atoms with Crippen molar-refractivity contribution in [1.82, 2.24) is 0 Å². The van der Waals surface area contributed by atoms with E-state index in [1.165, 1.54) is 5.56 Å². The molecule has 0 spiro atoms. The zero-order chi connectivity index (χ0) is 15.2. The number of carbonyl (C=O) groups excluding carboxylic acids is 1. The molecule has 2 aliphatic rings. The van der Waals surface area contributed by atoms with Crippen LogP contribution in [0, 0.1) is 5.92 Å². The molecule has 4 heteroatoms. The molecule has 1 heterocycles. The molecule has 21 heavy (non-hydrogen) atoms. The maximum absolute atomic E-state index is 12.5. The number of hydrogen-bond acceptors (Lipinski definition) is 3. The van der Waals surface area contributed by atoms with E-state index in [1.807, 2.05) is 39.0 Å². The first kappa shape index (κ1) is 14.5. The predicted molar refractivity (Wildman–Crippen MR) is 84.7 cm³/mol. The molecule has 0 aromatic heterocycles. The smallest absolute Gasteiger partial charge is 0.329 e. The number of nitrogens with one attached hydrogen (secondary N) is 1. The van der Waals surface area contributed by atoms with Crippen LogP contribution in [0.5, 0.6) is 0 Å². The molecular weight excluding hydrogens is 286 g/mol. The van der Waals surface area contributed by atoms with Crippen molar-refractivity contribution in [3.8, 4) is 0 Å². The Morgan fingerprint density at radius 2 is 2.14 bits per heavy atom. The molecule has 1 aromatic rings. The second-order valence-electron chi connectivity index (χ2n) is 6.74. The van der Waals surface area contributed by atoms with Crippen molar-refractivity contribution in [3.63, 3.8) is 0 Å². The van der Waals surface area contributed by atoms with E-state index < -0.39 is 5.60 Å². The zero-order valence-corrected chi connectivity index (χ0v) is 13.3. The monoisotopic (exact) mass is 305 g/mol. The van der Waals surface area contributed by atoms with Crippen LogP contribution in [0.3, 0.4) is 0 Å². The summed E-state index contributed by atoms with van der Waals surface area (Å²) in [7, 11) is 0. The van der Waals surface area contributed by atoms with Gasteiger partial charge in [0.25, 0.3) is 0 Å². The fourth-order valence-corrected chi connectivity index (χ4v) is 3.34. The lowest BCUT2D eigenvalue weighted by Gasteiger charge is -2.37. The third-order valence-corrected chi connectivity index (χ3v) is 4.22. The van der Waals surface area contributed by atoms with Crippen molar-refractivity contribution in [2.75, 3.05) is 5.32 Å². The van der Waals surface area contributed by atoms with Gasteiger partial charge >= 0.3 is 5.97 Å². The van der Waals surface area contributed by atoms with Crippen LogP contribution in [-0.4, -0.2) is 17.6 Å². The quantitative estimate of drug-likeness (QED) is 0.626. The molecule has 1 N–H and O–H groups in total. The summed E-state index contributed by atoms with van der Waals surface area (Å²) in [6.45, 7) is 5.68. The number of halogens is 1. The summed E-state index contributed by atoms with van der Waals surface area (Å²) >= 11 is 6.11. The zero-order valence-electron chi connectivity index (χ0n) is 12.5. The van der Waals surface area contributed by atoms with Crippen molar-refractivity contribution in [2.45, 2.75) is 44.8 Å². The van der Waals surface area contributed by atoms with Gasteiger partial charge in [-0.3, -0.25) is 0 Å². The molecule has 3 nitrogen and oxygen atoms in total. The van der Waals surface area contributed by atoms with Gasteiger partial charge in [-0.05, 0) is 51.0 Å². The standard InChI is InChI=1S/C17H20ClNO2/c1-17(2,3)21-16(20)15-12-6-4-5-11(12)13-9-10(18)7-8-14(13)19-15/h4-5,7-9,11-12,15,19H,6H2,1-3H3/t11-,12+,15-/m1/s1. The molecule has 3 atom stereocenters. The van der Waals surface area contributed by atoms with E-state index in [4.69, 9.17) is 16.3 Å². The molecule has 0 amide bonds. The summed E-state index contributed by atoms with van der Waals surface area (Å²) < 4.78 is 5.57. The van der Waals surface area contributed by atoms with Crippen LogP contribution in [0.4, 0.5) is 5.69 Å². The van der Waals surface area contributed by atoms with Crippen LogP contribution in [0.1, 0.15) is 38.7 Å². The maximum Gasteiger partial charge on any atom is 0.329 e. The van der Waals surface area contributed by atoms with Gasteiger partial charge in [0.15, 0.2) is 0 Å². The van der Waals surface area contributed by atoms with E-state index in [-0.39, 0.29) is 23.8 Å². The van der Waals surface area contributed by atoms with Gasteiger partial charge in [0.2, 0.25) is 0 Å². The second kappa shape index (κ2) is 5.06. The molecule has 0 radical (unpaired) electrons. The molecule has 3 rings (SSSR count). The van der Waals surface area contributed by atoms with Crippen LogP contribution < -0.4 is 5.32 Å². The van der Waals surface area contributed by atoms with Gasteiger partial charge in [0, 0.05) is 22.5 Å². The van der Waals surface area contributed by atoms with Crippen molar-refractivity contribution >= 4 is 23.3 Å². The fraction of sp³-hybridized carbons (Fsp3) is 0.471. The Kier molecular flexibility index (Phi) is 3.48. The van der Waals surface area contributed by atoms with Gasteiger partial charge in [0.05, 0.1) is 0 Å². The van der Waals surface area contributed by atoms with E-state index >= 15 is 0 Å². The number of anilines is 1. The molecule has 1 aliphatic heterocycles. The van der Waals surface area contributed by atoms with Gasteiger partial charge in [0.1, 0.15) is 11.6 Å². The first-order valence-electron chi connectivity index (χ1n) is 7.31. The molecule has 1 aliphatic carbocycles. The Labute approximate surface area is 130 Å². The predicted octanol–water partition coefficient (Wildman–Crippen LogP) is 4.14. The highest BCUT2D eigenvalue weighted by Crippen LogP contribution is 2.45. The topological polar surface area (TPSA) is 38.3 Å². The number of allylic oxidation sites excluding steroid dienone is 2. The Morgan fingerprint density at radius 1 is 1.38 bits per heavy atom. The minimum Gasteiger partial charge on any atom is -0.458 e. The van der Waals surface area contributed by atoms with E-state index in [1.54, 1.807) is 0 Å². The lowest BCUT2D eigenvalue weighted by Crippen LogP contribution is -2.45. The highest BCUT2D eigenvalue weighted by atomic mass is 35.5. The number of rotatable bonds is 1. The molecule has 0 unspecified atom stereocenters. The van der Waals surface area contributed by atoms with Gasteiger partial charge in [-0.1, -0.05) is 23.8 Å². The summed E-state index contributed by atoms with van der Waals surface area (Å²) in [5, 5.41) is 4.07. The third kappa shape index (κ3) is 2.80. The molecular formula is C17H20ClNO2. The third-order valence-electron chi connectivity index (χ3n) is 3.99. The molecule has 0 bridgehead atoms. The summed E-state index contributed by atoms with van der Waals surface area (Å²) in [4.78, 5) is 12.5. The lowest BCUT2D eigenvalue weighted by atomic mass is 9.79.